The molecule has 1 nitrogen and oxygen atoms in total. The summed E-state index contributed by atoms with van der Waals surface area (Å²) in [6.45, 7) is 3.50. The first-order chi connectivity index (χ1) is 3.31. The quantitative estimate of drug-likeness (QED) is 0.480. The summed E-state index contributed by atoms with van der Waals surface area (Å²) in [5.41, 5.74) is 0. The monoisotopic (exact) mass is 161 g/mol. The smallest absolute Gasteiger partial charge is 0.0777 e. The molecule has 0 aromatic carbocycles. The summed E-state index contributed by atoms with van der Waals surface area (Å²) < 4.78 is 0.947. The predicted molar refractivity (Wildman–Crippen MR) is 36.3 cm³/mol. The molecule has 0 aromatic heterocycles. The van der Waals surface area contributed by atoms with E-state index < -0.39 is 0 Å². The van der Waals surface area contributed by atoms with Crippen LogP contribution in [0.5, 0.6) is 0 Å². The molecule has 1 N–H and O–H groups in total. The van der Waals surface area contributed by atoms with E-state index in [-0.39, 0.29) is 0 Å². The first-order valence-corrected chi connectivity index (χ1v) is 2.76. The fourth-order valence-electron chi connectivity index (χ4n) is 0.187. The topological polar surface area (TPSA) is 12.0 Å². The van der Waals surface area contributed by atoms with Gasteiger partial charge in [0, 0.05) is 7.05 Å². The van der Waals surface area contributed by atoms with Crippen LogP contribution in [0.2, 0.25) is 0 Å². The van der Waals surface area contributed by atoms with Gasteiger partial charge in [-0.15, -0.1) is 0 Å². The molecule has 0 spiro atoms. The van der Waals surface area contributed by atoms with Crippen molar-refractivity contribution in [2.45, 2.75) is 0 Å². The van der Waals surface area contributed by atoms with E-state index >= 15 is 0 Å². The lowest BCUT2D eigenvalue weighted by molar-refractivity contribution is 1.09. The van der Waals surface area contributed by atoms with E-state index in [1.807, 2.05) is 13.1 Å². The first-order valence-electron chi connectivity index (χ1n) is 1.97. The molecule has 0 saturated carbocycles. The Labute approximate surface area is 52.2 Å². The molecule has 0 bridgehead atoms. The third-order valence-corrected chi connectivity index (χ3v) is 1.16. The molecule has 7 heavy (non-hydrogen) atoms. The van der Waals surface area contributed by atoms with Crippen LogP contribution in [0.1, 0.15) is 0 Å². The summed E-state index contributed by atoms with van der Waals surface area (Å²) in [4.78, 5) is 0. The van der Waals surface area contributed by atoms with E-state index in [1.165, 1.54) is 0 Å². The van der Waals surface area contributed by atoms with Gasteiger partial charge in [-0.2, -0.15) is 0 Å². The van der Waals surface area contributed by atoms with Crippen LogP contribution in [0.4, 0.5) is 0 Å². The average molecular weight is 162 g/mol. The van der Waals surface area contributed by atoms with Crippen molar-refractivity contribution in [3.8, 4) is 0 Å². The minimum Gasteiger partial charge on any atom is -0.382 e. The van der Waals surface area contributed by atoms with Crippen molar-refractivity contribution < 1.29 is 0 Å². The van der Waals surface area contributed by atoms with Crippen molar-refractivity contribution >= 4 is 15.9 Å². The lowest BCUT2D eigenvalue weighted by Crippen LogP contribution is -1.97. The number of hydrogen-bond acceptors (Lipinski definition) is 1. The molecule has 0 aliphatic carbocycles. The third kappa shape index (κ3) is 3.59. The molecule has 40 valence electrons. The molecule has 0 aliphatic heterocycles. The molecule has 2 heteroatoms. The number of allylic oxidation sites excluding steroid dienone is 2. The summed E-state index contributed by atoms with van der Waals surface area (Å²) in [7, 11) is 1.84. The highest BCUT2D eigenvalue weighted by atomic mass is 79.9. The lowest BCUT2D eigenvalue weighted by Gasteiger charge is -1.89. The zero-order valence-corrected chi connectivity index (χ0v) is 5.83. The second-order valence-corrected chi connectivity index (χ2v) is 1.85. The summed E-state index contributed by atoms with van der Waals surface area (Å²) in [6, 6.07) is 0. The molecule has 0 atom stereocenters. The van der Waals surface area contributed by atoms with Gasteiger partial charge in [0.05, 0.1) is 4.61 Å². The lowest BCUT2D eigenvalue weighted by atomic mass is 10.6. The van der Waals surface area contributed by atoms with E-state index in [4.69, 9.17) is 0 Å². The summed E-state index contributed by atoms with van der Waals surface area (Å²) in [5.74, 6) is 0. The molecule has 0 aliphatic rings. The maximum absolute atomic E-state index is 3.50. The van der Waals surface area contributed by atoms with Crippen molar-refractivity contribution in [1.29, 1.82) is 0 Å². The van der Waals surface area contributed by atoms with E-state index in [2.05, 4.69) is 27.8 Å². The Bertz CT molecular complexity index is 86.1. The van der Waals surface area contributed by atoms with Gasteiger partial charge < -0.3 is 5.32 Å². The van der Waals surface area contributed by atoms with Crippen LogP contribution in [-0.4, -0.2) is 7.05 Å². The van der Waals surface area contributed by atoms with Gasteiger partial charge in [-0.3, -0.25) is 0 Å². The van der Waals surface area contributed by atoms with E-state index in [0.29, 0.717) is 0 Å². The van der Waals surface area contributed by atoms with Gasteiger partial charge in [0.15, 0.2) is 0 Å². The molecule has 0 unspecified atom stereocenters. The second kappa shape index (κ2) is 3.93. The van der Waals surface area contributed by atoms with Crippen LogP contribution in [0, 0.1) is 0 Å². The maximum atomic E-state index is 3.50. The number of halogens is 1. The molecule has 0 rings (SSSR count). The molecule has 0 saturated heterocycles. The zero-order valence-electron chi connectivity index (χ0n) is 4.24. The summed E-state index contributed by atoms with van der Waals surface area (Å²) in [6.07, 6.45) is 3.54. The molecule has 0 fully saturated rings. The van der Waals surface area contributed by atoms with Crippen LogP contribution in [0.25, 0.3) is 0 Å². The van der Waals surface area contributed by atoms with Gasteiger partial charge in [0.1, 0.15) is 0 Å². The van der Waals surface area contributed by atoms with Crippen LogP contribution in [0.15, 0.2) is 23.3 Å². The number of hydrogen-bond donors (Lipinski definition) is 1. The fourth-order valence-corrected chi connectivity index (χ4v) is 0.374. The van der Waals surface area contributed by atoms with Crippen LogP contribution in [0.3, 0.4) is 0 Å². The molecular formula is C5H8BrN. The van der Waals surface area contributed by atoms with Gasteiger partial charge >= 0.3 is 0 Å². The highest BCUT2D eigenvalue weighted by molar-refractivity contribution is 9.11. The Balaban J connectivity index is 3.49. The maximum Gasteiger partial charge on any atom is 0.0777 e. The van der Waals surface area contributed by atoms with Crippen molar-refractivity contribution in [1.82, 2.24) is 5.32 Å². The first kappa shape index (κ1) is 6.76. The van der Waals surface area contributed by atoms with Gasteiger partial charge in [-0.1, -0.05) is 12.7 Å². The minimum atomic E-state index is 0.947. The minimum absolute atomic E-state index is 0.947. The van der Waals surface area contributed by atoms with Gasteiger partial charge in [-0.05, 0) is 22.0 Å². The molecular weight excluding hydrogens is 154 g/mol. The Morgan fingerprint density at radius 3 is 2.57 bits per heavy atom. The SMILES string of the molecule is C=C/C=C(/Br)NC. The highest BCUT2D eigenvalue weighted by Gasteiger charge is 1.74. The number of rotatable bonds is 2. The second-order valence-electron chi connectivity index (χ2n) is 1.00. The average Bonchev–Trinajstić information content (AvgIpc) is 1.68. The summed E-state index contributed by atoms with van der Waals surface area (Å²) in [5, 5.41) is 2.87. The van der Waals surface area contributed by atoms with Crippen molar-refractivity contribution in [3.05, 3.63) is 23.3 Å². The predicted octanol–water partition coefficient (Wildman–Crippen LogP) is 1.63. The normalized spacial score (nSPS) is 10.9. The molecule has 0 aromatic rings. The molecule has 0 heterocycles. The Kier molecular flexibility index (Phi) is 3.80. The Morgan fingerprint density at radius 2 is 2.43 bits per heavy atom. The van der Waals surface area contributed by atoms with Gasteiger partial charge in [0.2, 0.25) is 0 Å². The van der Waals surface area contributed by atoms with Crippen LogP contribution >= 0.6 is 15.9 Å². The van der Waals surface area contributed by atoms with Gasteiger partial charge in [0.25, 0.3) is 0 Å². The van der Waals surface area contributed by atoms with Gasteiger partial charge in [-0.25, -0.2) is 0 Å². The fraction of sp³-hybridized carbons (Fsp3) is 0.200. The third-order valence-electron chi connectivity index (χ3n) is 0.503. The summed E-state index contributed by atoms with van der Waals surface area (Å²) >= 11 is 3.22. The Hall–Kier alpha value is -0.240. The zero-order chi connectivity index (χ0) is 5.70. The van der Waals surface area contributed by atoms with Crippen LogP contribution in [-0.2, 0) is 0 Å². The van der Waals surface area contributed by atoms with Crippen LogP contribution < -0.4 is 5.32 Å². The largest absolute Gasteiger partial charge is 0.382 e. The van der Waals surface area contributed by atoms with Crippen molar-refractivity contribution in [3.63, 3.8) is 0 Å². The molecule has 0 radical (unpaired) electrons. The standard InChI is InChI=1S/C5H8BrN/c1-3-4-5(6)7-2/h3-4,7H,1H2,2H3/b5-4-. The van der Waals surface area contributed by atoms with E-state index in [9.17, 15) is 0 Å². The van der Waals surface area contributed by atoms with Crippen molar-refractivity contribution in [2.24, 2.45) is 0 Å². The van der Waals surface area contributed by atoms with E-state index in [1.54, 1.807) is 6.08 Å². The molecule has 0 amide bonds. The van der Waals surface area contributed by atoms with E-state index in [0.717, 1.165) is 4.61 Å². The Morgan fingerprint density at radius 1 is 1.86 bits per heavy atom. The highest BCUT2D eigenvalue weighted by Crippen LogP contribution is 1.95. The number of nitrogens with one attached hydrogen (secondary N) is 1. The van der Waals surface area contributed by atoms with Crippen molar-refractivity contribution in [2.75, 3.05) is 7.05 Å².